The molecule has 0 aliphatic carbocycles. The Hall–Kier alpha value is -2.48. The summed E-state index contributed by atoms with van der Waals surface area (Å²) in [5.41, 5.74) is 1.27. The summed E-state index contributed by atoms with van der Waals surface area (Å²) in [6.45, 7) is 11.9. The van der Waals surface area contributed by atoms with E-state index in [-0.39, 0.29) is 41.8 Å². The highest BCUT2D eigenvalue weighted by atomic mass is 16.6. The zero-order valence-corrected chi connectivity index (χ0v) is 16.4. The molecule has 1 unspecified atom stereocenters. The van der Waals surface area contributed by atoms with Crippen LogP contribution in [0.3, 0.4) is 0 Å². The molecule has 1 aromatic carbocycles. The number of benzene rings is 1. The molecule has 0 radical (unpaired) electrons. The van der Waals surface area contributed by atoms with Crippen molar-refractivity contribution < 1.29 is 19.4 Å². The standard InChI is InChI=1S/C18H28N4O4/c1-7-21(11-16(24)20-18(4,5)6)10-15(23)19-17-13(3)12(2)8-9-14(17)22(25)26/h8-9H,7,10-11H2,1-6H3,(H,19,23)(H,20,24)/p+1. The van der Waals surface area contributed by atoms with Gasteiger partial charge in [-0.2, -0.15) is 0 Å². The van der Waals surface area contributed by atoms with E-state index in [0.717, 1.165) is 10.5 Å². The minimum atomic E-state index is -0.511. The summed E-state index contributed by atoms with van der Waals surface area (Å²) in [4.78, 5) is 35.9. The molecule has 1 rings (SSSR count). The minimum absolute atomic E-state index is 0.0542. The first-order valence-electron chi connectivity index (χ1n) is 8.63. The summed E-state index contributed by atoms with van der Waals surface area (Å²) in [6.07, 6.45) is 0. The van der Waals surface area contributed by atoms with Crippen molar-refractivity contribution in [3.63, 3.8) is 0 Å². The predicted octanol–water partition coefficient (Wildman–Crippen LogP) is 0.970. The molecule has 0 heterocycles. The third-order valence-corrected chi connectivity index (χ3v) is 4.01. The average Bonchev–Trinajstić information content (AvgIpc) is 2.49. The summed E-state index contributed by atoms with van der Waals surface area (Å²) in [5.74, 6) is -0.498. The van der Waals surface area contributed by atoms with E-state index in [1.807, 2.05) is 34.6 Å². The first-order valence-corrected chi connectivity index (χ1v) is 8.63. The maximum Gasteiger partial charge on any atom is 0.293 e. The maximum atomic E-state index is 12.4. The van der Waals surface area contributed by atoms with Crippen molar-refractivity contribution in [3.8, 4) is 0 Å². The second-order valence-electron chi connectivity index (χ2n) is 7.46. The van der Waals surface area contributed by atoms with Gasteiger partial charge in [0.15, 0.2) is 13.1 Å². The van der Waals surface area contributed by atoms with Crippen molar-refractivity contribution in [1.29, 1.82) is 0 Å². The second kappa shape index (κ2) is 8.75. The van der Waals surface area contributed by atoms with Gasteiger partial charge in [-0.15, -0.1) is 0 Å². The molecule has 144 valence electrons. The van der Waals surface area contributed by atoms with Gasteiger partial charge in [0.1, 0.15) is 5.69 Å². The number of carbonyl (C=O) groups is 2. The van der Waals surface area contributed by atoms with Crippen LogP contribution in [0.2, 0.25) is 0 Å². The first-order chi connectivity index (χ1) is 11.9. The van der Waals surface area contributed by atoms with E-state index < -0.39 is 4.92 Å². The third kappa shape index (κ3) is 6.44. The average molecular weight is 365 g/mol. The summed E-state index contributed by atoms with van der Waals surface area (Å²) < 4.78 is 0. The number of carbonyl (C=O) groups excluding carboxylic acids is 2. The molecule has 0 fully saturated rings. The van der Waals surface area contributed by atoms with Gasteiger partial charge in [-0.25, -0.2) is 0 Å². The number of nitrogens with zero attached hydrogens (tertiary/aromatic N) is 1. The minimum Gasteiger partial charge on any atom is -0.347 e. The van der Waals surface area contributed by atoms with Crippen molar-refractivity contribution in [2.45, 2.75) is 47.1 Å². The molecule has 3 N–H and O–H groups in total. The lowest BCUT2D eigenvalue weighted by molar-refractivity contribution is -0.881. The van der Waals surface area contributed by atoms with Gasteiger partial charge in [0.05, 0.1) is 11.5 Å². The fraction of sp³-hybridized carbons (Fsp3) is 0.556. The van der Waals surface area contributed by atoms with Crippen LogP contribution in [0.1, 0.15) is 38.8 Å². The van der Waals surface area contributed by atoms with Crippen LogP contribution in [0.15, 0.2) is 12.1 Å². The molecule has 0 saturated heterocycles. The number of rotatable bonds is 7. The first kappa shape index (κ1) is 21.6. The monoisotopic (exact) mass is 365 g/mol. The Morgan fingerprint density at radius 2 is 1.73 bits per heavy atom. The number of nitro benzene ring substituents is 1. The largest absolute Gasteiger partial charge is 0.347 e. The van der Waals surface area contributed by atoms with Gasteiger partial charge in [0.25, 0.3) is 17.5 Å². The highest BCUT2D eigenvalue weighted by Gasteiger charge is 2.23. The normalized spacial score (nSPS) is 12.4. The smallest absolute Gasteiger partial charge is 0.293 e. The Labute approximate surface area is 154 Å². The van der Waals surface area contributed by atoms with Gasteiger partial charge in [-0.3, -0.25) is 19.7 Å². The number of nitro groups is 1. The number of hydrogen-bond donors (Lipinski definition) is 3. The number of anilines is 1. The molecule has 0 aliphatic heterocycles. The van der Waals surface area contributed by atoms with Crippen LogP contribution in [-0.2, 0) is 9.59 Å². The lowest BCUT2D eigenvalue weighted by Gasteiger charge is -2.23. The van der Waals surface area contributed by atoms with E-state index in [2.05, 4.69) is 10.6 Å². The van der Waals surface area contributed by atoms with Gasteiger partial charge in [0.2, 0.25) is 0 Å². The lowest BCUT2D eigenvalue weighted by atomic mass is 10.1. The molecule has 0 aliphatic rings. The molecule has 2 amide bonds. The molecular weight excluding hydrogens is 336 g/mol. The second-order valence-corrected chi connectivity index (χ2v) is 7.46. The van der Waals surface area contributed by atoms with Crippen LogP contribution >= 0.6 is 0 Å². The quantitative estimate of drug-likeness (QED) is 0.494. The lowest BCUT2D eigenvalue weighted by Crippen LogP contribution is -3.14. The molecule has 26 heavy (non-hydrogen) atoms. The molecule has 0 aromatic heterocycles. The molecule has 0 spiro atoms. The fourth-order valence-electron chi connectivity index (χ4n) is 2.52. The summed E-state index contributed by atoms with van der Waals surface area (Å²) in [5, 5.41) is 16.7. The van der Waals surface area contributed by atoms with Crippen LogP contribution in [0, 0.1) is 24.0 Å². The SMILES string of the molecule is CC[NH+](CC(=O)Nc1c([N+](=O)[O-])ccc(C)c1C)CC(=O)NC(C)(C)C. The van der Waals surface area contributed by atoms with E-state index in [0.29, 0.717) is 12.1 Å². The Morgan fingerprint density at radius 1 is 1.15 bits per heavy atom. The molecule has 8 nitrogen and oxygen atoms in total. The Balaban J connectivity index is 2.83. The molecule has 1 atom stereocenters. The van der Waals surface area contributed by atoms with Crippen LogP contribution in [-0.4, -0.2) is 41.9 Å². The Bertz CT molecular complexity index is 695. The van der Waals surface area contributed by atoms with Crippen LogP contribution < -0.4 is 15.5 Å². The maximum absolute atomic E-state index is 12.4. The number of amides is 2. The van der Waals surface area contributed by atoms with Crippen LogP contribution in [0.25, 0.3) is 0 Å². The highest BCUT2D eigenvalue weighted by Crippen LogP contribution is 2.29. The topological polar surface area (TPSA) is 106 Å². The van der Waals surface area contributed by atoms with E-state index in [1.165, 1.54) is 6.07 Å². The fourth-order valence-corrected chi connectivity index (χ4v) is 2.52. The summed E-state index contributed by atoms with van der Waals surface area (Å²) >= 11 is 0. The molecule has 1 aromatic rings. The van der Waals surface area contributed by atoms with Crippen molar-refractivity contribution in [2.75, 3.05) is 25.0 Å². The zero-order valence-electron chi connectivity index (χ0n) is 16.4. The molecule has 8 heteroatoms. The molecule has 0 bridgehead atoms. The van der Waals surface area contributed by atoms with Crippen molar-refractivity contribution in [3.05, 3.63) is 33.4 Å². The number of aryl methyl sites for hydroxylation is 1. The molecule has 0 saturated carbocycles. The van der Waals surface area contributed by atoms with Gasteiger partial charge in [0, 0.05) is 11.6 Å². The summed E-state index contributed by atoms with van der Waals surface area (Å²) in [6, 6.07) is 3.04. The summed E-state index contributed by atoms with van der Waals surface area (Å²) in [7, 11) is 0. The van der Waals surface area contributed by atoms with E-state index in [1.54, 1.807) is 13.0 Å². The van der Waals surface area contributed by atoms with E-state index >= 15 is 0 Å². The molecular formula is C18H29N4O4+. The Morgan fingerprint density at radius 3 is 2.23 bits per heavy atom. The van der Waals surface area contributed by atoms with Gasteiger partial charge in [-0.1, -0.05) is 6.07 Å². The van der Waals surface area contributed by atoms with Gasteiger partial charge in [-0.05, 0) is 52.7 Å². The van der Waals surface area contributed by atoms with Crippen molar-refractivity contribution in [1.82, 2.24) is 5.32 Å². The predicted molar refractivity (Wildman–Crippen MR) is 100 cm³/mol. The number of hydrogen-bond acceptors (Lipinski definition) is 4. The van der Waals surface area contributed by atoms with Crippen molar-refractivity contribution >= 4 is 23.2 Å². The Kier molecular flexibility index (Phi) is 7.26. The third-order valence-electron chi connectivity index (χ3n) is 4.01. The van der Waals surface area contributed by atoms with Crippen LogP contribution in [0.5, 0.6) is 0 Å². The van der Waals surface area contributed by atoms with Crippen LogP contribution in [0.4, 0.5) is 11.4 Å². The highest BCUT2D eigenvalue weighted by molar-refractivity contribution is 5.95. The van der Waals surface area contributed by atoms with Crippen molar-refractivity contribution in [2.24, 2.45) is 0 Å². The van der Waals surface area contributed by atoms with Gasteiger partial charge < -0.3 is 15.5 Å². The number of quaternary nitrogens is 1. The van der Waals surface area contributed by atoms with E-state index in [4.69, 9.17) is 0 Å². The number of likely N-dealkylation sites (N-methyl/N-ethyl adjacent to an activating group) is 1. The van der Waals surface area contributed by atoms with Gasteiger partial charge >= 0.3 is 0 Å². The zero-order chi connectivity index (χ0) is 20.1. The van der Waals surface area contributed by atoms with E-state index in [9.17, 15) is 19.7 Å². The number of nitrogens with one attached hydrogen (secondary N) is 3.